The molecule has 0 aliphatic rings. The lowest BCUT2D eigenvalue weighted by molar-refractivity contribution is 0.199. The van der Waals surface area contributed by atoms with Crippen molar-refractivity contribution in [3.8, 4) is 0 Å². The van der Waals surface area contributed by atoms with E-state index in [1.807, 2.05) is 25.2 Å². The third kappa shape index (κ3) is 3.13. The molecule has 1 aromatic heterocycles. The number of nitrogens with zero attached hydrogens (tertiary/aromatic N) is 1. The molecular weight excluding hydrogens is 310 g/mol. The lowest BCUT2D eigenvalue weighted by atomic mass is 10.1. The highest BCUT2D eigenvalue weighted by Crippen LogP contribution is 2.29. The van der Waals surface area contributed by atoms with E-state index in [4.69, 9.17) is 0 Å². The predicted octanol–water partition coefficient (Wildman–Crippen LogP) is 4.20. The lowest BCUT2D eigenvalue weighted by Gasteiger charge is -2.23. The van der Waals surface area contributed by atoms with Crippen LogP contribution < -0.4 is 4.90 Å². The van der Waals surface area contributed by atoms with Gasteiger partial charge >= 0.3 is 0 Å². The van der Waals surface area contributed by atoms with Crippen LogP contribution in [0.15, 0.2) is 39.5 Å². The molecule has 4 heteroatoms. The standard InChI is InChI=1S/C14H16BrNOS/c1-10(17)13-7-12(15)3-4-14(13)16(2)8-11-5-6-18-9-11/h3-7,9-10,17H,8H2,1-2H3. The molecule has 0 aliphatic heterocycles. The third-order valence-electron chi connectivity index (χ3n) is 2.85. The molecule has 0 fully saturated rings. The average molecular weight is 326 g/mol. The van der Waals surface area contributed by atoms with Gasteiger partial charge in [-0.25, -0.2) is 0 Å². The van der Waals surface area contributed by atoms with Gasteiger partial charge in [0.2, 0.25) is 0 Å². The normalized spacial score (nSPS) is 12.4. The highest BCUT2D eigenvalue weighted by molar-refractivity contribution is 9.10. The molecule has 0 amide bonds. The maximum atomic E-state index is 9.86. The van der Waals surface area contributed by atoms with Crippen LogP contribution in [0.25, 0.3) is 0 Å². The number of thiophene rings is 1. The minimum absolute atomic E-state index is 0.470. The molecule has 0 bridgehead atoms. The van der Waals surface area contributed by atoms with E-state index in [1.165, 1.54) is 5.56 Å². The molecule has 2 aromatic rings. The number of aliphatic hydroxyl groups is 1. The maximum absolute atomic E-state index is 9.86. The van der Waals surface area contributed by atoms with Gasteiger partial charge in [0.05, 0.1) is 6.10 Å². The van der Waals surface area contributed by atoms with E-state index < -0.39 is 6.10 Å². The zero-order valence-corrected chi connectivity index (χ0v) is 12.8. The summed E-state index contributed by atoms with van der Waals surface area (Å²) in [6.07, 6.45) is -0.470. The molecule has 0 spiro atoms. The van der Waals surface area contributed by atoms with Crippen molar-refractivity contribution in [3.05, 3.63) is 50.6 Å². The summed E-state index contributed by atoms with van der Waals surface area (Å²) in [5.74, 6) is 0. The number of halogens is 1. The topological polar surface area (TPSA) is 23.5 Å². The summed E-state index contributed by atoms with van der Waals surface area (Å²) in [4.78, 5) is 2.16. The summed E-state index contributed by atoms with van der Waals surface area (Å²) in [7, 11) is 2.05. The second kappa shape index (κ2) is 5.87. The van der Waals surface area contributed by atoms with Gasteiger partial charge in [0.15, 0.2) is 0 Å². The van der Waals surface area contributed by atoms with E-state index in [-0.39, 0.29) is 0 Å². The van der Waals surface area contributed by atoms with Crippen LogP contribution in [0.4, 0.5) is 5.69 Å². The van der Waals surface area contributed by atoms with Gasteiger partial charge in [0.25, 0.3) is 0 Å². The number of hydrogen-bond donors (Lipinski definition) is 1. The maximum Gasteiger partial charge on any atom is 0.0782 e. The fraction of sp³-hybridized carbons (Fsp3) is 0.286. The molecule has 2 nitrogen and oxygen atoms in total. The SMILES string of the molecule is CC(O)c1cc(Br)ccc1N(C)Cc1ccsc1. The summed E-state index contributed by atoms with van der Waals surface area (Å²) < 4.78 is 0.992. The smallest absolute Gasteiger partial charge is 0.0782 e. The Balaban J connectivity index is 2.26. The second-order valence-electron chi connectivity index (χ2n) is 4.37. The van der Waals surface area contributed by atoms with Gasteiger partial charge in [-0.3, -0.25) is 0 Å². The first-order valence-corrected chi connectivity index (χ1v) is 7.51. The average Bonchev–Trinajstić information content (AvgIpc) is 2.81. The molecule has 0 radical (unpaired) electrons. The van der Waals surface area contributed by atoms with Crippen LogP contribution in [0.2, 0.25) is 0 Å². The number of hydrogen-bond acceptors (Lipinski definition) is 3. The van der Waals surface area contributed by atoms with Crippen molar-refractivity contribution < 1.29 is 5.11 Å². The van der Waals surface area contributed by atoms with Gasteiger partial charge in [0.1, 0.15) is 0 Å². The van der Waals surface area contributed by atoms with Gasteiger partial charge in [-0.2, -0.15) is 11.3 Å². The molecule has 1 unspecified atom stereocenters. The first-order valence-electron chi connectivity index (χ1n) is 5.77. The monoisotopic (exact) mass is 325 g/mol. The van der Waals surface area contributed by atoms with Crippen molar-refractivity contribution in [3.63, 3.8) is 0 Å². The van der Waals surface area contributed by atoms with Crippen LogP contribution in [0.1, 0.15) is 24.2 Å². The van der Waals surface area contributed by atoms with E-state index in [0.29, 0.717) is 0 Å². The van der Waals surface area contributed by atoms with Crippen LogP contribution >= 0.6 is 27.3 Å². The highest BCUT2D eigenvalue weighted by atomic mass is 79.9. The van der Waals surface area contributed by atoms with Gasteiger partial charge in [-0.15, -0.1) is 0 Å². The molecule has 0 saturated heterocycles. The van der Waals surface area contributed by atoms with Crippen LogP contribution in [-0.2, 0) is 6.54 Å². The quantitative estimate of drug-likeness (QED) is 0.910. The highest BCUT2D eigenvalue weighted by Gasteiger charge is 2.12. The van der Waals surface area contributed by atoms with Crippen LogP contribution in [-0.4, -0.2) is 12.2 Å². The molecule has 0 aliphatic carbocycles. The van der Waals surface area contributed by atoms with Crippen molar-refractivity contribution in [2.75, 3.05) is 11.9 Å². The molecular formula is C14H16BrNOS. The van der Waals surface area contributed by atoms with Gasteiger partial charge in [-0.1, -0.05) is 15.9 Å². The molecule has 96 valence electrons. The Bertz CT molecular complexity index is 511. The van der Waals surface area contributed by atoms with E-state index in [2.05, 4.69) is 37.7 Å². The summed E-state index contributed by atoms with van der Waals surface area (Å²) in [6.45, 7) is 2.65. The summed E-state index contributed by atoms with van der Waals surface area (Å²) in [6, 6.07) is 8.15. The third-order valence-corrected chi connectivity index (χ3v) is 4.08. The molecule has 1 heterocycles. The molecule has 18 heavy (non-hydrogen) atoms. The molecule has 2 rings (SSSR count). The van der Waals surface area contributed by atoms with E-state index in [0.717, 1.165) is 22.3 Å². The lowest BCUT2D eigenvalue weighted by Crippen LogP contribution is -2.18. The Hall–Kier alpha value is -0.840. The van der Waals surface area contributed by atoms with Gasteiger partial charge in [-0.05, 0) is 47.5 Å². The molecule has 1 atom stereocenters. The fourth-order valence-electron chi connectivity index (χ4n) is 1.95. The van der Waals surface area contributed by atoms with E-state index in [1.54, 1.807) is 18.3 Å². The van der Waals surface area contributed by atoms with Crippen molar-refractivity contribution in [2.24, 2.45) is 0 Å². The zero-order valence-electron chi connectivity index (χ0n) is 10.4. The van der Waals surface area contributed by atoms with Gasteiger partial charge < -0.3 is 10.0 Å². The first kappa shape index (κ1) is 13.6. The minimum atomic E-state index is -0.470. The Kier molecular flexibility index (Phi) is 4.43. The molecule has 1 N–H and O–H groups in total. The van der Waals surface area contributed by atoms with Gasteiger partial charge in [0, 0.05) is 29.3 Å². The Morgan fingerprint density at radius 1 is 1.39 bits per heavy atom. The summed E-state index contributed by atoms with van der Waals surface area (Å²) in [5.41, 5.74) is 3.31. The van der Waals surface area contributed by atoms with Crippen LogP contribution in [0, 0.1) is 0 Å². The van der Waals surface area contributed by atoms with Crippen molar-refractivity contribution in [1.82, 2.24) is 0 Å². The van der Waals surface area contributed by atoms with Crippen molar-refractivity contribution in [1.29, 1.82) is 0 Å². The van der Waals surface area contributed by atoms with Crippen molar-refractivity contribution >= 4 is 33.0 Å². The molecule has 1 aromatic carbocycles. The van der Waals surface area contributed by atoms with Crippen molar-refractivity contribution in [2.45, 2.75) is 19.6 Å². The van der Waals surface area contributed by atoms with E-state index >= 15 is 0 Å². The number of rotatable bonds is 4. The fourth-order valence-corrected chi connectivity index (χ4v) is 2.99. The van der Waals surface area contributed by atoms with Crippen LogP contribution in [0.5, 0.6) is 0 Å². The summed E-state index contributed by atoms with van der Waals surface area (Å²) in [5, 5.41) is 14.1. The predicted molar refractivity (Wildman–Crippen MR) is 81.2 cm³/mol. The Morgan fingerprint density at radius 2 is 2.17 bits per heavy atom. The minimum Gasteiger partial charge on any atom is -0.389 e. The number of anilines is 1. The van der Waals surface area contributed by atoms with Crippen LogP contribution in [0.3, 0.4) is 0 Å². The molecule has 0 saturated carbocycles. The number of aliphatic hydroxyl groups excluding tert-OH is 1. The first-order chi connectivity index (χ1) is 8.58. The Labute approximate surface area is 120 Å². The summed E-state index contributed by atoms with van der Waals surface area (Å²) >= 11 is 5.15. The largest absolute Gasteiger partial charge is 0.389 e. The van der Waals surface area contributed by atoms with E-state index in [9.17, 15) is 5.11 Å². The number of benzene rings is 1. The zero-order chi connectivity index (χ0) is 13.1. The Morgan fingerprint density at radius 3 is 2.78 bits per heavy atom. The second-order valence-corrected chi connectivity index (χ2v) is 6.06.